The first-order valence-electron chi connectivity index (χ1n) is 6.88. The molecule has 2 N–H and O–H groups in total. The SMILES string of the molecule is CCOC(=O)CNC(=O)[C@H](C)NC(=O)c1ccccc1N=[N+]=[N-]. The highest BCUT2D eigenvalue weighted by Gasteiger charge is 2.18. The van der Waals surface area contributed by atoms with Crippen LogP contribution in [-0.4, -0.2) is 37.0 Å². The molecule has 1 rings (SSSR count). The number of azide groups is 1. The summed E-state index contributed by atoms with van der Waals surface area (Å²) in [7, 11) is 0. The van der Waals surface area contributed by atoms with Crippen LogP contribution in [0.5, 0.6) is 0 Å². The van der Waals surface area contributed by atoms with Gasteiger partial charge in [0, 0.05) is 10.5 Å². The number of hydrogen-bond acceptors (Lipinski definition) is 5. The minimum absolute atomic E-state index is 0.148. The maximum absolute atomic E-state index is 12.1. The van der Waals surface area contributed by atoms with Crippen LogP contribution in [0.3, 0.4) is 0 Å². The van der Waals surface area contributed by atoms with Crippen LogP contribution in [0.25, 0.3) is 10.4 Å². The molecule has 0 saturated heterocycles. The molecular weight excluding hydrogens is 302 g/mol. The molecular formula is C14H17N5O4. The molecule has 9 nitrogen and oxygen atoms in total. The Balaban J connectivity index is 2.65. The number of rotatable bonds is 7. The van der Waals surface area contributed by atoms with Gasteiger partial charge in [-0.15, -0.1) is 0 Å². The van der Waals surface area contributed by atoms with Gasteiger partial charge in [-0.3, -0.25) is 14.4 Å². The van der Waals surface area contributed by atoms with E-state index < -0.39 is 23.8 Å². The van der Waals surface area contributed by atoms with E-state index in [2.05, 4.69) is 25.4 Å². The highest BCUT2D eigenvalue weighted by Crippen LogP contribution is 2.18. The molecule has 1 aromatic carbocycles. The van der Waals surface area contributed by atoms with E-state index in [4.69, 9.17) is 5.53 Å². The molecule has 1 atom stereocenters. The van der Waals surface area contributed by atoms with E-state index in [9.17, 15) is 14.4 Å². The Bertz CT molecular complexity index is 640. The van der Waals surface area contributed by atoms with Gasteiger partial charge in [0.2, 0.25) is 5.91 Å². The van der Waals surface area contributed by atoms with E-state index in [1.54, 1.807) is 19.1 Å². The van der Waals surface area contributed by atoms with Gasteiger partial charge in [-0.2, -0.15) is 0 Å². The standard InChI is InChI=1S/C14H17N5O4/c1-3-23-12(20)8-16-13(21)9(2)17-14(22)10-6-4-5-7-11(10)18-19-15/h4-7,9H,3,8H2,1-2H3,(H,16,21)(H,17,22)/t9-/m0/s1. The molecule has 0 heterocycles. The lowest BCUT2D eigenvalue weighted by Crippen LogP contribution is -2.46. The molecule has 0 unspecified atom stereocenters. The Morgan fingerprint density at radius 3 is 2.70 bits per heavy atom. The van der Waals surface area contributed by atoms with Crippen LogP contribution < -0.4 is 10.6 Å². The van der Waals surface area contributed by atoms with Crippen molar-refractivity contribution in [2.45, 2.75) is 19.9 Å². The van der Waals surface area contributed by atoms with Gasteiger partial charge in [0.1, 0.15) is 12.6 Å². The Kier molecular flexibility index (Phi) is 7.09. The molecule has 0 saturated carbocycles. The fourth-order valence-electron chi connectivity index (χ4n) is 1.67. The number of nitrogens with one attached hydrogen (secondary N) is 2. The monoisotopic (exact) mass is 319 g/mol. The largest absolute Gasteiger partial charge is 0.465 e. The number of ether oxygens (including phenoxy) is 1. The summed E-state index contributed by atoms with van der Waals surface area (Å²) in [6.07, 6.45) is 0. The molecule has 122 valence electrons. The summed E-state index contributed by atoms with van der Waals surface area (Å²) >= 11 is 0. The Labute approximate surface area is 132 Å². The van der Waals surface area contributed by atoms with Crippen molar-refractivity contribution in [1.82, 2.24) is 10.6 Å². The molecule has 0 radical (unpaired) electrons. The van der Waals surface area contributed by atoms with E-state index in [-0.39, 0.29) is 24.4 Å². The van der Waals surface area contributed by atoms with Crippen molar-refractivity contribution >= 4 is 23.5 Å². The van der Waals surface area contributed by atoms with Gasteiger partial charge in [0.05, 0.1) is 12.3 Å². The maximum Gasteiger partial charge on any atom is 0.325 e. The fourth-order valence-corrected chi connectivity index (χ4v) is 1.67. The fraction of sp³-hybridized carbons (Fsp3) is 0.357. The third-order valence-electron chi connectivity index (χ3n) is 2.75. The van der Waals surface area contributed by atoms with Crippen LogP contribution in [0.15, 0.2) is 29.4 Å². The van der Waals surface area contributed by atoms with Gasteiger partial charge in [0.25, 0.3) is 5.91 Å². The van der Waals surface area contributed by atoms with Crippen molar-refractivity contribution in [3.63, 3.8) is 0 Å². The van der Waals surface area contributed by atoms with Gasteiger partial charge in [-0.05, 0) is 25.4 Å². The summed E-state index contributed by atoms with van der Waals surface area (Å²) in [5, 5.41) is 8.24. The second-order valence-electron chi connectivity index (χ2n) is 4.42. The quantitative estimate of drug-likeness (QED) is 0.340. The van der Waals surface area contributed by atoms with E-state index in [0.29, 0.717) is 0 Å². The first-order valence-corrected chi connectivity index (χ1v) is 6.88. The topological polar surface area (TPSA) is 133 Å². The molecule has 0 aliphatic rings. The maximum atomic E-state index is 12.1. The molecule has 1 aromatic rings. The van der Waals surface area contributed by atoms with Crippen LogP contribution in [0, 0.1) is 0 Å². The third kappa shape index (κ3) is 5.68. The number of carbonyl (C=O) groups excluding carboxylic acids is 3. The zero-order chi connectivity index (χ0) is 17.2. The normalized spacial score (nSPS) is 10.9. The number of esters is 1. The lowest BCUT2D eigenvalue weighted by molar-refractivity contribution is -0.143. The molecule has 0 fully saturated rings. The lowest BCUT2D eigenvalue weighted by Gasteiger charge is -2.14. The average Bonchev–Trinajstić information content (AvgIpc) is 2.53. The summed E-state index contributed by atoms with van der Waals surface area (Å²) in [6, 6.07) is 5.31. The first-order chi connectivity index (χ1) is 11.0. The van der Waals surface area contributed by atoms with E-state index in [1.807, 2.05) is 0 Å². The predicted molar refractivity (Wildman–Crippen MR) is 81.8 cm³/mol. The van der Waals surface area contributed by atoms with Gasteiger partial charge in [-0.25, -0.2) is 0 Å². The molecule has 2 amide bonds. The molecule has 0 aliphatic heterocycles. The highest BCUT2D eigenvalue weighted by atomic mass is 16.5. The number of hydrogen-bond donors (Lipinski definition) is 2. The van der Waals surface area contributed by atoms with Crippen molar-refractivity contribution in [2.24, 2.45) is 5.11 Å². The second-order valence-corrected chi connectivity index (χ2v) is 4.42. The Hall–Kier alpha value is -3.06. The zero-order valence-electron chi connectivity index (χ0n) is 12.8. The Morgan fingerprint density at radius 1 is 1.35 bits per heavy atom. The van der Waals surface area contributed by atoms with E-state index in [1.165, 1.54) is 19.1 Å². The molecule has 0 bridgehead atoms. The van der Waals surface area contributed by atoms with E-state index in [0.717, 1.165) is 0 Å². The predicted octanol–water partition coefficient (Wildman–Crippen LogP) is 1.43. The van der Waals surface area contributed by atoms with Crippen LogP contribution in [-0.2, 0) is 14.3 Å². The molecule has 0 aromatic heterocycles. The third-order valence-corrected chi connectivity index (χ3v) is 2.75. The van der Waals surface area contributed by atoms with Crippen LogP contribution in [0.2, 0.25) is 0 Å². The minimum Gasteiger partial charge on any atom is -0.465 e. The number of benzene rings is 1. The molecule has 23 heavy (non-hydrogen) atoms. The van der Waals surface area contributed by atoms with Crippen molar-refractivity contribution in [1.29, 1.82) is 0 Å². The lowest BCUT2D eigenvalue weighted by atomic mass is 10.1. The second kappa shape index (κ2) is 9.06. The summed E-state index contributed by atoms with van der Waals surface area (Å²) in [5.41, 5.74) is 8.79. The van der Waals surface area contributed by atoms with Crippen molar-refractivity contribution in [3.8, 4) is 0 Å². The van der Waals surface area contributed by atoms with Gasteiger partial charge >= 0.3 is 5.97 Å². The molecule has 9 heteroatoms. The zero-order valence-corrected chi connectivity index (χ0v) is 12.8. The van der Waals surface area contributed by atoms with Gasteiger partial charge in [-0.1, -0.05) is 23.3 Å². The highest BCUT2D eigenvalue weighted by molar-refractivity contribution is 6.01. The van der Waals surface area contributed by atoms with E-state index >= 15 is 0 Å². The first kappa shape index (κ1) is 18.0. The number of amides is 2. The molecule has 0 spiro atoms. The smallest absolute Gasteiger partial charge is 0.325 e. The molecule has 0 aliphatic carbocycles. The summed E-state index contributed by atoms with van der Waals surface area (Å²) in [4.78, 5) is 37.7. The van der Waals surface area contributed by atoms with Crippen LogP contribution in [0.4, 0.5) is 5.69 Å². The number of nitrogens with zero attached hydrogens (tertiary/aromatic N) is 3. The Morgan fingerprint density at radius 2 is 2.04 bits per heavy atom. The van der Waals surface area contributed by atoms with Crippen molar-refractivity contribution < 1.29 is 19.1 Å². The minimum atomic E-state index is -0.879. The van der Waals surface area contributed by atoms with Crippen LogP contribution in [0.1, 0.15) is 24.2 Å². The van der Waals surface area contributed by atoms with Crippen LogP contribution >= 0.6 is 0 Å². The van der Waals surface area contributed by atoms with Crippen molar-refractivity contribution in [3.05, 3.63) is 40.3 Å². The number of carbonyl (C=O) groups is 3. The van der Waals surface area contributed by atoms with Gasteiger partial charge < -0.3 is 15.4 Å². The summed E-state index contributed by atoms with van der Waals surface area (Å²) in [5.74, 6) is -1.66. The average molecular weight is 319 g/mol. The van der Waals surface area contributed by atoms with Crippen molar-refractivity contribution in [2.75, 3.05) is 13.2 Å². The summed E-state index contributed by atoms with van der Waals surface area (Å²) < 4.78 is 4.68. The van der Waals surface area contributed by atoms with Gasteiger partial charge in [0.15, 0.2) is 0 Å². The summed E-state index contributed by atoms with van der Waals surface area (Å²) in [6.45, 7) is 3.07.